The Morgan fingerprint density at radius 3 is 2.69 bits per heavy atom. The van der Waals surface area contributed by atoms with E-state index >= 15 is 0 Å². The first kappa shape index (κ1) is 12.2. The molecule has 88 valence electrons. The number of fused-ring (bicyclic) bond motifs is 1. The van der Waals surface area contributed by atoms with Gasteiger partial charge < -0.3 is 0 Å². The lowest BCUT2D eigenvalue weighted by atomic mass is 9.86. The van der Waals surface area contributed by atoms with Crippen LogP contribution in [0.25, 0.3) is 0 Å². The van der Waals surface area contributed by atoms with Crippen LogP contribution in [0.15, 0.2) is 24.3 Å². The van der Waals surface area contributed by atoms with Gasteiger partial charge in [0.25, 0.3) is 0 Å². The zero-order chi connectivity index (χ0) is 11.5. The molecule has 0 nitrogen and oxygen atoms in total. The molecule has 0 N–H and O–H groups in total. The van der Waals surface area contributed by atoms with Crippen molar-refractivity contribution in [3.63, 3.8) is 0 Å². The molecule has 2 rings (SSSR count). The summed E-state index contributed by atoms with van der Waals surface area (Å²) in [5.41, 5.74) is 3.17. The second-order valence-electron chi connectivity index (χ2n) is 5.24. The Labute approximate surface area is 108 Å². The normalized spacial score (nSPS) is 22.6. The second-order valence-corrected chi connectivity index (χ2v) is 6.30. The van der Waals surface area contributed by atoms with Crippen molar-refractivity contribution in [1.82, 2.24) is 0 Å². The van der Waals surface area contributed by atoms with Gasteiger partial charge in [0, 0.05) is 4.83 Å². The lowest BCUT2D eigenvalue weighted by Gasteiger charge is -2.26. The highest BCUT2D eigenvalue weighted by Gasteiger charge is 2.26. The van der Waals surface area contributed by atoms with Gasteiger partial charge in [0.05, 0.1) is 0 Å². The molecule has 16 heavy (non-hydrogen) atoms. The molecule has 0 radical (unpaired) electrons. The molecule has 0 fully saturated rings. The van der Waals surface area contributed by atoms with Gasteiger partial charge in [0.2, 0.25) is 0 Å². The molecule has 0 heterocycles. The maximum atomic E-state index is 3.91. The van der Waals surface area contributed by atoms with Gasteiger partial charge >= 0.3 is 0 Å². The van der Waals surface area contributed by atoms with E-state index in [2.05, 4.69) is 54.0 Å². The molecule has 0 amide bonds. The zero-order valence-electron chi connectivity index (χ0n) is 10.2. The van der Waals surface area contributed by atoms with Gasteiger partial charge in [-0.05, 0) is 42.2 Å². The predicted octanol–water partition coefficient (Wildman–Crippen LogP) is 4.92. The van der Waals surface area contributed by atoms with Gasteiger partial charge in [-0.1, -0.05) is 60.5 Å². The third kappa shape index (κ3) is 2.51. The summed E-state index contributed by atoms with van der Waals surface area (Å²) in [6.45, 7) is 4.62. The predicted molar refractivity (Wildman–Crippen MR) is 74.3 cm³/mol. The molecule has 0 aromatic heterocycles. The monoisotopic (exact) mass is 280 g/mol. The summed E-state index contributed by atoms with van der Waals surface area (Å²) in [4.78, 5) is 0.617. The Kier molecular flexibility index (Phi) is 4.07. The lowest BCUT2D eigenvalue weighted by Crippen LogP contribution is -2.18. The van der Waals surface area contributed by atoms with E-state index in [1.807, 2.05) is 0 Å². The summed E-state index contributed by atoms with van der Waals surface area (Å²) in [7, 11) is 0. The van der Waals surface area contributed by atoms with Crippen molar-refractivity contribution in [2.24, 2.45) is 5.92 Å². The third-order valence-corrected chi connectivity index (χ3v) is 5.38. The number of benzene rings is 1. The summed E-state index contributed by atoms with van der Waals surface area (Å²) >= 11 is 3.91. The van der Waals surface area contributed by atoms with Crippen LogP contribution in [0.3, 0.4) is 0 Å². The number of hydrogen-bond acceptors (Lipinski definition) is 0. The highest BCUT2D eigenvalue weighted by molar-refractivity contribution is 9.09. The van der Waals surface area contributed by atoms with E-state index in [9.17, 15) is 0 Å². The molecule has 1 aliphatic carbocycles. The molecule has 1 aliphatic rings. The highest BCUT2D eigenvalue weighted by Crippen LogP contribution is 2.38. The van der Waals surface area contributed by atoms with Crippen molar-refractivity contribution < 1.29 is 0 Å². The minimum atomic E-state index is 0.617. The minimum absolute atomic E-state index is 0.617. The van der Waals surface area contributed by atoms with Crippen LogP contribution in [0, 0.1) is 5.92 Å². The average Bonchev–Trinajstić information content (AvgIpc) is 2.50. The van der Waals surface area contributed by atoms with E-state index in [-0.39, 0.29) is 0 Å². The van der Waals surface area contributed by atoms with E-state index in [1.165, 1.54) is 25.7 Å². The van der Waals surface area contributed by atoms with E-state index in [0.29, 0.717) is 16.7 Å². The molecule has 1 heteroatoms. The van der Waals surface area contributed by atoms with E-state index in [4.69, 9.17) is 0 Å². The number of halogens is 1. The van der Waals surface area contributed by atoms with E-state index < -0.39 is 0 Å². The Bertz CT molecular complexity index is 343. The lowest BCUT2D eigenvalue weighted by molar-refractivity contribution is 0.492. The van der Waals surface area contributed by atoms with Gasteiger partial charge in [-0.15, -0.1) is 0 Å². The summed E-state index contributed by atoms with van der Waals surface area (Å²) in [6.07, 6.45) is 5.33. The number of hydrogen-bond donors (Lipinski definition) is 0. The molecule has 0 spiro atoms. The first-order chi connectivity index (χ1) is 7.70. The summed E-state index contributed by atoms with van der Waals surface area (Å²) in [5, 5.41) is 0. The number of aryl methyl sites for hydroxylation is 1. The molecule has 2 atom stereocenters. The maximum absolute atomic E-state index is 3.91. The van der Waals surface area contributed by atoms with Gasteiger partial charge in [-0.2, -0.15) is 0 Å². The molecule has 1 aromatic carbocycles. The average molecular weight is 281 g/mol. The standard InChI is InChI=1S/C15H21Br/c1-11(2)15(16)14-10-6-4-8-12-7-3-5-9-13(12)14/h3,5,7,9,11,14-15H,4,6,8,10H2,1-2H3. The first-order valence-corrected chi connectivity index (χ1v) is 7.33. The molecule has 1 aromatic rings. The van der Waals surface area contributed by atoms with Crippen molar-refractivity contribution in [2.45, 2.75) is 50.3 Å². The van der Waals surface area contributed by atoms with Gasteiger partial charge in [-0.3, -0.25) is 0 Å². The first-order valence-electron chi connectivity index (χ1n) is 6.42. The number of alkyl halides is 1. The topological polar surface area (TPSA) is 0 Å². The van der Waals surface area contributed by atoms with Crippen LogP contribution in [0.2, 0.25) is 0 Å². The van der Waals surface area contributed by atoms with Gasteiger partial charge in [0.1, 0.15) is 0 Å². The SMILES string of the molecule is CC(C)C(Br)C1CCCCc2ccccc21. The molecule has 0 aliphatic heterocycles. The fourth-order valence-electron chi connectivity index (χ4n) is 2.75. The van der Waals surface area contributed by atoms with Crippen LogP contribution < -0.4 is 0 Å². The molecule has 2 unspecified atom stereocenters. The van der Waals surface area contributed by atoms with Crippen molar-refractivity contribution >= 4 is 15.9 Å². The summed E-state index contributed by atoms with van der Waals surface area (Å²) in [5.74, 6) is 1.41. The van der Waals surface area contributed by atoms with Crippen molar-refractivity contribution in [1.29, 1.82) is 0 Å². The van der Waals surface area contributed by atoms with Crippen LogP contribution in [-0.4, -0.2) is 4.83 Å². The van der Waals surface area contributed by atoms with E-state index in [0.717, 1.165) is 0 Å². The van der Waals surface area contributed by atoms with Crippen molar-refractivity contribution in [3.8, 4) is 0 Å². The van der Waals surface area contributed by atoms with Gasteiger partial charge in [-0.25, -0.2) is 0 Å². The largest absolute Gasteiger partial charge is 0.0881 e. The molecule has 0 bridgehead atoms. The zero-order valence-corrected chi connectivity index (χ0v) is 11.8. The molecular formula is C15H21Br. The third-order valence-electron chi connectivity index (χ3n) is 3.69. The molecular weight excluding hydrogens is 260 g/mol. The van der Waals surface area contributed by atoms with Crippen LogP contribution in [0.5, 0.6) is 0 Å². The fourth-order valence-corrected chi connectivity index (χ4v) is 3.30. The smallest absolute Gasteiger partial charge is 0.0237 e. The minimum Gasteiger partial charge on any atom is -0.0881 e. The van der Waals surface area contributed by atoms with Crippen molar-refractivity contribution in [2.75, 3.05) is 0 Å². The van der Waals surface area contributed by atoms with Crippen LogP contribution in [0.4, 0.5) is 0 Å². The Balaban J connectivity index is 2.32. The van der Waals surface area contributed by atoms with Crippen LogP contribution in [0.1, 0.15) is 50.2 Å². The van der Waals surface area contributed by atoms with Crippen LogP contribution in [-0.2, 0) is 6.42 Å². The highest BCUT2D eigenvalue weighted by atomic mass is 79.9. The Morgan fingerprint density at radius 2 is 1.94 bits per heavy atom. The van der Waals surface area contributed by atoms with Crippen LogP contribution >= 0.6 is 15.9 Å². The summed E-state index contributed by atoms with van der Waals surface area (Å²) in [6, 6.07) is 9.02. The van der Waals surface area contributed by atoms with Crippen molar-refractivity contribution in [3.05, 3.63) is 35.4 Å². The molecule has 0 saturated heterocycles. The van der Waals surface area contributed by atoms with Gasteiger partial charge in [0.15, 0.2) is 0 Å². The maximum Gasteiger partial charge on any atom is 0.0237 e. The Hall–Kier alpha value is -0.300. The Morgan fingerprint density at radius 1 is 1.19 bits per heavy atom. The quantitative estimate of drug-likeness (QED) is 0.533. The summed E-state index contributed by atoms with van der Waals surface area (Å²) < 4.78 is 0. The molecule has 0 saturated carbocycles. The fraction of sp³-hybridized carbons (Fsp3) is 0.600. The number of rotatable bonds is 2. The second kappa shape index (κ2) is 5.35. The van der Waals surface area contributed by atoms with E-state index in [1.54, 1.807) is 11.1 Å².